The zero-order chi connectivity index (χ0) is 26.0. The second-order valence-electron chi connectivity index (χ2n) is 8.90. The van der Waals surface area contributed by atoms with E-state index in [9.17, 15) is 4.79 Å². The molecule has 9 heteroatoms. The van der Waals surface area contributed by atoms with Crippen molar-refractivity contribution in [3.8, 4) is 0 Å². The molecule has 0 saturated carbocycles. The van der Waals surface area contributed by atoms with E-state index in [4.69, 9.17) is 22.1 Å². The Morgan fingerprint density at radius 1 is 1.11 bits per heavy atom. The van der Waals surface area contributed by atoms with Gasteiger partial charge in [0.05, 0.1) is 30.4 Å². The molecule has 1 fully saturated rings. The van der Waals surface area contributed by atoms with Crippen LogP contribution >= 0.6 is 11.6 Å². The molecule has 0 spiro atoms. The number of hydrogen-bond donors (Lipinski definition) is 3. The van der Waals surface area contributed by atoms with Crippen molar-refractivity contribution >= 4 is 34.6 Å². The van der Waals surface area contributed by atoms with E-state index >= 15 is 0 Å². The molecule has 0 bridgehead atoms. The fourth-order valence-electron chi connectivity index (χ4n) is 4.10. The average molecular weight is 521 g/mol. The van der Waals surface area contributed by atoms with Crippen LogP contribution in [0, 0.1) is 0 Å². The molecule has 4 rings (SSSR count). The second-order valence-corrected chi connectivity index (χ2v) is 9.34. The summed E-state index contributed by atoms with van der Waals surface area (Å²) in [7, 11) is 0. The number of carbonyl (C=O) groups is 1. The van der Waals surface area contributed by atoms with Gasteiger partial charge in [0.1, 0.15) is 5.69 Å². The molecule has 1 amide bonds. The molecule has 1 aromatic heterocycles. The van der Waals surface area contributed by atoms with E-state index in [0.29, 0.717) is 28.6 Å². The van der Waals surface area contributed by atoms with Crippen molar-refractivity contribution in [2.75, 3.05) is 55.8 Å². The van der Waals surface area contributed by atoms with Gasteiger partial charge in [0.2, 0.25) is 0 Å². The Morgan fingerprint density at radius 2 is 1.92 bits per heavy atom. The van der Waals surface area contributed by atoms with Crippen molar-refractivity contribution in [3.05, 3.63) is 95.5 Å². The lowest BCUT2D eigenvalue weighted by atomic mass is 10.2. The Labute approximate surface area is 223 Å². The van der Waals surface area contributed by atoms with Gasteiger partial charge in [-0.2, -0.15) is 0 Å². The SMILES string of the molecule is C=C(Nc1cccc(Cl)c1)N(CCCN1CCOCC1)Cc1ccc(C(=O)Nc2ccccc2N)nc1. The van der Waals surface area contributed by atoms with Crippen LogP contribution in [-0.2, 0) is 11.3 Å². The molecule has 1 aliphatic heterocycles. The van der Waals surface area contributed by atoms with E-state index in [1.54, 1.807) is 24.4 Å². The molecule has 4 N–H and O–H groups in total. The van der Waals surface area contributed by atoms with Crippen LogP contribution in [0.4, 0.5) is 17.1 Å². The van der Waals surface area contributed by atoms with Crippen LogP contribution < -0.4 is 16.4 Å². The quantitative estimate of drug-likeness (QED) is 0.316. The summed E-state index contributed by atoms with van der Waals surface area (Å²) >= 11 is 6.16. The molecule has 37 heavy (non-hydrogen) atoms. The number of rotatable bonds is 11. The summed E-state index contributed by atoms with van der Waals surface area (Å²) in [5, 5.41) is 6.84. The van der Waals surface area contributed by atoms with Crippen LogP contribution in [0.1, 0.15) is 22.5 Å². The molecule has 194 valence electrons. The lowest BCUT2D eigenvalue weighted by molar-refractivity contribution is 0.0364. The molecule has 0 radical (unpaired) electrons. The number of carbonyl (C=O) groups excluding carboxylic acids is 1. The number of pyridine rings is 1. The first kappa shape index (κ1) is 26.5. The van der Waals surface area contributed by atoms with Crippen LogP contribution in [0.2, 0.25) is 5.02 Å². The molecule has 8 nitrogen and oxygen atoms in total. The standard InChI is InChI=1S/C28H33ClN6O2/c1-21(32-24-7-4-6-23(29)18-24)35(13-5-12-34-14-16-37-17-15-34)20-22-10-11-27(31-19-22)28(36)33-26-9-3-2-8-25(26)30/h2-4,6-11,18-19,32H,1,5,12-17,20,30H2,(H,33,36). The van der Waals surface area contributed by atoms with Gasteiger partial charge in [-0.25, -0.2) is 0 Å². The van der Waals surface area contributed by atoms with Crippen molar-refractivity contribution in [1.29, 1.82) is 0 Å². The predicted molar refractivity (Wildman–Crippen MR) is 150 cm³/mol. The van der Waals surface area contributed by atoms with Gasteiger partial charge in [-0.1, -0.05) is 42.4 Å². The van der Waals surface area contributed by atoms with Gasteiger partial charge in [0, 0.05) is 49.6 Å². The highest BCUT2D eigenvalue weighted by Crippen LogP contribution is 2.20. The average Bonchev–Trinajstić information content (AvgIpc) is 2.90. The number of para-hydroxylation sites is 2. The van der Waals surface area contributed by atoms with Crippen molar-refractivity contribution in [3.63, 3.8) is 0 Å². The Kier molecular flexibility index (Phi) is 9.37. The first-order valence-corrected chi connectivity index (χ1v) is 12.7. The molecular formula is C28H33ClN6O2. The van der Waals surface area contributed by atoms with Crippen molar-refractivity contribution < 1.29 is 9.53 Å². The van der Waals surface area contributed by atoms with Gasteiger partial charge >= 0.3 is 0 Å². The van der Waals surface area contributed by atoms with Crippen LogP contribution in [0.3, 0.4) is 0 Å². The molecule has 2 heterocycles. The van der Waals surface area contributed by atoms with Crippen LogP contribution in [-0.4, -0.2) is 60.1 Å². The summed E-state index contributed by atoms with van der Waals surface area (Å²) < 4.78 is 5.46. The van der Waals surface area contributed by atoms with Crippen molar-refractivity contribution in [2.24, 2.45) is 0 Å². The van der Waals surface area contributed by atoms with Gasteiger partial charge in [-0.05, 0) is 48.4 Å². The number of anilines is 3. The topological polar surface area (TPSA) is 95.8 Å². The fraction of sp³-hybridized carbons (Fsp3) is 0.286. The van der Waals surface area contributed by atoms with Gasteiger partial charge < -0.3 is 26.0 Å². The van der Waals surface area contributed by atoms with Gasteiger partial charge in [-0.3, -0.25) is 14.7 Å². The molecule has 3 aromatic rings. The Bertz CT molecular complexity index is 1200. The minimum atomic E-state index is -0.307. The van der Waals surface area contributed by atoms with Crippen LogP contribution in [0.25, 0.3) is 0 Å². The molecule has 1 aliphatic rings. The normalized spacial score (nSPS) is 13.6. The lowest BCUT2D eigenvalue weighted by Crippen LogP contribution is -2.38. The number of halogens is 1. The summed E-state index contributed by atoms with van der Waals surface area (Å²) in [6.07, 6.45) is 2.70. The van der Waals surface area contributed by atoms with Crippen LogP contribution in [0.15, 0.2) is 79.3 Å². The number of nitrogen functional groups attached to an aromatic ring is 1. The first-order valence-electron chi connectivity index (χ1n) is 12.4. The number of nitrogens with one attached hydrogen (secondary N) is 2. The third kappa shape index (κ3) is 7.95. The summed E-state index contributed by atoms with van der Waals surface area (Å²) in [6.45, 7) is 10.2. The van der Waals surface area contributed by atoms with Gasteiger partial charge in [0.25, 0.3) is 5.91 Å². The molecule has 0 aliphatic carbocycles. The van der Waals surface area contributed by atoms with Crippen LogP contribution in [0.5, 0.6) is 0 Å². The van der Waals surface area contributed by atoms with E-state index < -0.39 is 0 Å². The Balaban J connectivity index is 1.40. The highest BCUT2D eigenvalue weighted by molar-refractivity contribution is 6.30. The zero-order valence-electron chi connectivity index (χ0n) is 20.8. The third-order valence-corrected chi connectivity index (χ3v) is 6.38. The van der Waals surface area contributed by atoms with Crippen molar-refractivity contribution in [2.45, 2.75) is 13.0 Å². The highest BCUT2D eigenvalue weighted by Gasteiger charge is 2.15. The van der Waals surface area contributed by atoms with E-state index in [0.717, 1.165) is 62.9 Å². The van der Waals surface area contributed by atoms with E-state index in [1.165, 1.54) is 0 Å². The van der Waals surface area contributed by atoms with E-state index in [2.05, 4.69) is 32.0 Å². The number of ether oxygens (including phenoxy) is 1. The second kappa shape index (κ2) is 13.1. The monoisotopic (exact) mass is 520 g/mol. The maximum Gasteiger partial charge on any atom is 0.274 e. The number of benzene rings is 2. The summed E-state index contributed by atoms with van der Waals surface area (Å²) in [6, 6.07) is 18.3. The van der Waals surface area contributed by atoms with E-state index in [-0.39, 0.29) is 5.91 Å². The fourth-order valence-corrected chi connectivity index (χ4v) is 4.29. The highest BCUT2D eigenvalue weighted by atomic mass is 35.5. The lowest BCUT2D eigenvalue weighted by Gasteiger charge is -2.30. The number of hydrogen-bond acceptors (Lipinski definition) is 7. The minimum Gasteiger partial charge on any atom is -0.397 e. The van der Waals surface area contributed by atoms with Gasteiger partial charge in [-0.15, -0.1) is 0 Å². The Hall–Kier alpha value is -3.59. The summed E-state index contributed by atoms with van der Waals surface area (Å²) in [4.78, 5) is 21.6. The third-order valence-electron chi connectivity index (χ3n) is 6.14. The maximum atomic E-state index is 12.6. The first-order chi connectivity index (χ1) is 18.0. The zero-order valence-corrected chi connectivity index (χ0v) is 21.6. The van der Waals surface area contributed by atoms with E-state index in [1.807, 2.05) is 42.5 Å². The summed E-state index contributed by atoms with van der Waals surface area (Å²) in [5.74, 6) is 0.462. The molecule has 0 unspecified atom stereocenters. The smallest absolute Gasteiger partial charge is 0.274 e. The molecule has 0 atom stereocenters. The number of morpholine rings is 1. The van der Waals surface area contributed by atoms with Crippen molar-refractivity contribution in [1.82, 2.24) is 14.8 Å². The predicted octanol–water partition coefficient (Wildman–Crippen LogP) is 4.68. The maximum absolute atomic E-state index is 12.6. The summed E-state index contributed by atoms with van der Waals surface area (Å²) in [5.41, 5.74) is 9.17. The number of aromatic nitrogens is 1. The molecule has 2 aromatic carbocycles. The largest absolute Gasteiger partial charge is 0.397 e. The number of nitrogens with two attached hydrogens (primary N) is 1. The van der Waals surface area contributed by atoms with Gasteiger partial charge in [0.15, 0.2) is 0 Å². The Morgan fingerprint density at radius 3 is 2.65 bits per heavy atom. The molecular weight excluding hydrogens is 488 g/mol. The number of nitrogens with zero attached hydrogens (tertiary/aromatic N) is 3. The molecule has 1 saturated heterocycles. The minimum absolute atomic E-state index is 0.307. The number of amides is 1.